The molecule has 4 N–H and O–H groups in total. The molecule has 0 aliphatic heterocycles. The summed E-state index contributed by atoms with van der Waals surface area (Å²) in [5.41, 5.74) is 10.5. The summed E-state index contributed by atoms with van der Waals surface area (Å²) < 4.78 is 1.36. The first-order valence-electron chi connectivity index (χ1n) is 5.96. The smallest absolute Gasteiger partial charge is 0.219 e. The summed E-state index contributed by atoms with van der Waals surface area (Å²) >= 11 is 0. The fraction of sp³-hybridized carbons (Fsp3) is 0.308. The Hall–Kier alpha value is -1.97. The molecule has 0 saturated heterocycles. The van der Waals surface area contributed by atoms with E-state index in [2.05, 4.69) is 23.2 Å². The number of benzene rings is 1. The van der Waals surface area contributed by atoms with Gasteiger partial charge in [-0.2, -0.15) is 0 Å². The van der Waals surface area contributed by atoms with E-state index in [0.717, 1.165) is 11.3 Å². The van der Waals surface area contributed by atoms with E-state index in [0.29, 0.717) is 5.95 Å². The molecule has 4 nitrogen and oxygen atoms in total. The Kier molecular flexibility index (Phi) is 2.28. The van der Waals surface area contributed by atoms with Crippen molar-refractivity contribution in [3.05, 3.63) is 35.5 Å². The van der Waals surface area contributed by atoms with Crippen LogP contribution in [0.5, 0.6) is 0 Å². The van der Waals surface area contributed by atoms with Gasteiger partial charge in [-0.05, 0) is 42.9 Å². The zero-order chi connectivity index (χ0) is 11.8. The van der Waals surface area contributed by atoms with Crippen LogP contribution in [-0.2, 0) is 12.8 Å². The third-order valence-corrected chi connectivity index (χ3v) is 3.41. The second kappa shape index (κ2) is 3.80. The average molecular weight is 228 g/mol. The van der Waals surface area contributed by atoms with Gasteiger partial charge in [-0.1, -0.05) is 12.1 Å². The van der Waals surface area contributed by atoms with E-state index in [1.54, 1.807) is 6.20 Å². The number of nitrogens with zero attached hydrogens (tertiary/aromatic N) is 2. The predicted octanol–water partition coefficient (Wildman–Crippen LogP) is 1.72. The highest BCUT2D eigenvalue weighted by atomic mass is 15.3. The van der Waals surface area contributed by atoms with E-state index in [4.69, 9.17) is 11.6 Å². The summed E-state index contributed by atoms with van der Waals surface area (Å²) in [5.74, 6) is 5.99. The molecular weight excluding hydrogens is 212 g/mol. The number of aryl methyl sites for hydroxylation is 2. The van der Waals surface area contributed by atoms with E-state index in [1.165, 1.54) is 41.5 Å². The van der Waals surface area contributed by atoms with Crippen molar-refractivity contribution in [2.24, 2.45) is 0 Å². The third kappa shape index (κ3) is 1.75. The van der Waals surface area contributed by atoms with Crippen molar-refractivity contribution < 1.29 is 0 Å². The summed E-state index contributed by atoms with van der Waals surface area (Å²) in [6.07, 6.45) is 6.71. The number of hydrogen-bond acceptors (Lipinski definition) is 3. The lowest BCUT2D eigenvalue weighted by atomic mass is 9.90. The van der Waals surface area contributed by atoms with Crippen LogP contribution in [0.3, 0.4) is 0 Å². The summed E-state index contributed by atoms with van der Waals surface area (Å²) in [5, 5.41) is 0. The minimum Gasteiger partial charge on any atom is -0.368 e. The lowest BCUT2D eigenvalue weighted by Crippen LogP contribution is -2.09. The number of aromatic nitrogens is 2. The Morgan fingerprint density at radius 3 is 2.59 bits per heavy atom. The first-order valence-corrected chi connectivity index (χ1v) is 5.96. The molecule has 1 aliphatic rings. The second-order valence-corrected chi connectivity index (χ2v) is 4.58. The molecule has 0 saturated carbocycles. The maximum atomic E-state index is 5.64. The molecule has 4 heteroatoms. The summed E-state index contributed by atoms with van der Waals surface area (Å²) in [6, 6.07) is 6.53. The number of nitrogens with two attached hydrogens (primary N) is 2. The summed E-state index contributed by atoms with van der Waals surface area (Å²) in [7, 11) is 0. The standard InChI is InChI=1S/C13H16N4/c14-13-16-12(8-17(13)15)11-6-5-9-3-1-2-4-10(9)7-11/h5-8H,1-4,15H2,(H2,14,16). The molecule has 0 bridgehead atoms. The predicted molar refractivity (Wildman–Crippen MR) is 68.9 cm³/mol. The normalized spacial score (nSPS) is 14.6. The molecule has 2 aromatic rings. The van der Waals surface area contributed by atoms with Gasteiger partial charge in [-0.15, -0.1) is 0 Å². The van der Waals surface area contributed by atoms with Crippen molar-refractivity contribution in [1.82, 2.24) is 9.66 Å². The van der Waals surface area contributed by atoms with E-state index >= 15 is 0 Å². The molecule has 3 rings (SSSR count). The van der Waals surface area contributed by atoms with Gasteiger partial charge in [0.25, 0.3) is 0 Å². The van der Waals surface area contributed by atoms with Crippen LogP contribution in [0.4, 0.5) is 5.95 Å². The van der Waals surface area contributed by atoms with Crippen molar-refractivity contribution in [2.75, 3.05) is 11.6 Å². The Morgan fingerprint density at radius 1 is 1.12 bits per heavy atom. The molecule has 88 valence electrons. The van der Waals surface area contributed by atoms with Gasteiger partial charge < -0.3 is 11.6 Å². The van der Waals surface area contributed by atoms with E-state index in [1.807, 2.05) is 0 Å². The van der Waals surface area contributed by atoms with Crippen LogP contribution in [0.2, 0.25) is 0 Å². The molecule has 0 atom stereocenters. The first kappa shape index (κ1) is 10.2. The average Bonchev–Trinajstić information content (AvgIpc) is 2.69. The van der Waals surface area contributed by atoms with Crippen LogP contribution in [0.25, 0.3) is 11.3 Å². The zero-order valence-electron chi connectivity index (χ0n) is 9.69. The van der Waals surface area contributed by atoms with Crippen LogP contribution in [0.1, 0.15) is 24.0 Å². The first-order chi connectivity index (χ1) is 8.24. The zero-order valence-corrected chi connectivity index (χ0v) is 9.69. The van der Waals surface area contributed by atoms with Gasteiger partial charge in [0.05, 0.1) is 11.9 Å². The maximum absolute atomic E-state index is 5.64. The summed E-state index contributed by atoms with van der Waals surface area (Å²) in [6.45, 7) is 0. The second-order valence-electron chi connectivity index (χ2n) is 4.58. The Balaban J connectivity index is 2.03. The van der Waals surface area contributed by atoms with Crippen molar-refractivity contribution >= 4 is 5.95 Å². The van der Waals surface area contributed by atoms with Crippen LogP contribution in [0.15, 0.2) is 24.4 Å². The largest absolute Gasteiger partial charge is 0.368 e. The number of rotatable bonds is 1. The number of anilines is 1. The van der Waals surface area contributed by atoms with Crippen LogP contribution < -0.4 is 11.6 Å². The van der Waals surface area contributed by atoms with E-state index in [9.17, 15) is 0 Å². The van der Waals surface area contributed by atoms with Gasteiger partial charge in [0, 0.05) is 5.56 Å². The van der Waals surface area contributed by atoms with Crippen molar-refractivity contribution in [3.8, 4) is 11.3 Å². The number of hydrogen-bond donors (Lipinski definition) is 2. The van der Waals surface area contributed by atoms with Gasteiger partial charge in [-0.3, -0.25) is 0 Å². The number of fused-ring (bicyclic) bond motifs is 1. The molecule has 0 spiro atoms. The highest BCUT2D eigenvalue weighted by molar-refractivity contribution is 5.62. The molecule has 1 aromatic carbocycles. The van der Waals surface area contributed by atoms with Crippen molar-refractivity contribution in [3.63, 3.8) is 0 Å². The van der Waals surface area contributed by atoms with Gasteiger partial charge in [-0.25, -0.2) is 9.66 Å². The fourth-order valence-corrected chi connectivity index (χ4v) is 2.44. The highest BCUT2D eigenvalue weighted by Gasteiger charge is 2.11. The molecule has 0 unspecified atom stereocenters. The monoisotopic (exact) mass is 228 g/mol. The Bertz CT molecular complexity index is 537. The minimum absolute atomic E-state index is 0.345. The van der Waals surface area contributed by atoms with Gasteiger partial charge in [0.1, 0.15) is 0 Å². The van der Waals surface area contributed by atoms with E-state index in [-0.39, 0.29) is 0 Å². The van der Waals surface area contributed by atoms with Crippen LogP contribution in [0, 0.1) is 0 Å². The van der Waals surface area contributed by atoms with Gasteiger partial charge >= 0.3 is 0 Å². The fourth-order valence-electron chi connectivity index (χ4n) is 2.44. The summed E-state index contributed by atoms with van der Waals surface area (Å²) in [4.78, 5) is 4.25. The minimum atomic E-state index is 0.345. The molecule has 0 fully saturated rings. The SMILES string of the molecule is Nc1nc(-c2ccc3c(c2)CCCC3)cn1N. The van der Waals surface area contributed by atoms with Gasteiger partial charge in [0.2, 0.25) is 5.95 Å². The van der Waals surface area contributed by atoms with E-state index < -0.39 is 0 Å². The quantitative estimate of drug-likeness (QED) is 0.730. The molecule has 1 aliphatic carbocycles. The third-order valence-electron chi connectivity index (χ3n) is 3.41. The van der Waals surface area contributed by atoms with Crippen molar-refractivity contribution in [1.29, 1.82) is 0 Å². The molecule has 17 heavy (non-hydrogen) atoms. The molecule has 1 heterocycles. The lowest BCUT2D eigenvalue weighted by molar-refractivity contribution is 0.686. The molecule has 0 amide bonds. The van der Waals surface area contributed by atoms with Crippen molar-refractivity contribution in [2.45, 2.75) is 25.7 Å². The lowest BCUT2D eigenvalue weighted by Gasteiger charge is -2.15. The highest BCUT2D eigenvalue weighted by Crippen LogP contribution is 2.27. The Labute approximate surface area is 100 Å². The Morgan fingerprint density at radius 2 is 1.88 bits per heavy atom. The molecule has 1 aromatic heterocycles. The number of nitrogen functional groups attached to an aromatic ring is 2. The maximum Gasteiger partial charge on any atom is 0.219 e. The molecule has 0 radical (unpaired) electrons. The van der Waals surface area contributed by atoms with Crippen LogP contribution >= 0.6 is 0 Å². The number of imidazole rings is 1. The molecular formula is C13H16N4. The van der Waals surface area contributed by atoms with Crippen LogP contribution in [-0.4, -0.2) is 9.66 Å². The van der Waals surface area contributed by atoms with Gasteiger partial charge in [0.15, 0.2) is 0 Å². The topological polar surface area (TPSA) is 69.9 Å².